The maximum Gasteiger partial charge on any atom is 0.317 e. The number of sulfonamides is 1. The lowest BCUT2D eigenvalue weighted by atomic mass is 10.0. The Labute approximate surface area is 155 Å². The van der Waals surface area contributed by atoms with Gasteiger partial charge in [-0.2, -0.15) is 4.31 Å². The molecule has 2 aliphatic heterocycles. The molecule has 1 aromatic carbocycles. The molecular formula is C18H27N3O4S. The van der Waals surface area contributed by atoms with Gasteiger partial charge in [0.25, 0.3) is 0 Å². The first-order valence-corrected chi connectivity index (χ1v) is 10.9. The number of rotatable bonds is 6. The summed E-state index contributed by atoms with van der Waals surface area (Å²) in [6.45, 7) is 2.64. The second-order valence-electron chi connectivity index (χ2n) is 6.96. The zero-order valence-electron chi connectivity index (χ0n) is 15.1. The fourth-order valence-corrected chi connectivity index (χ4v) is 5.06. The predicted octanol–water partition coefficient (Wildman–Crippen LogP) is 1.06. The number of amides is 2. The monoisotopic (exact) mass is 381 g/mol. The van der Waals surface area contributed by atoms with Gasteiger partial charge in [0, 0.05) is 38.9 Å². The maximum atomic E-state index is 12.2. The van der Waals surface area contributed by atoms with E-state index in [2.05, 4.69) is 5.32 Å². The topological polar surface area (TPSA) is 79.0 Å². The largest absolute Gasteiger partial charge is 0.381 e. The van der Waals surface area contributed by atoms with Gasteiger partial charge in [0.15, 0.2) is 0 Å². The third kappa shape index (κ3) is 4.75. The Morgan fingerprint density at radius 1 is 1.19 bits per heavy atom. The zero-order chi connectivity index (χ0) is 18.6. The summed E-state index contributed by atoms with van der Waals surface area (Å²) < 4.78 is 31.4. The highest BCUT2D eigenvalue weighted by Crippen LogP contribution is 2.25. The van der Waals surface area contributed by atoms with Crippen LogP contribution in [0.1, 0.15) is 18.4 Å². The number of carbonyl (C=O) groups excluding carboxylic acids is 1. The normalized spacial score (nSPS) is 19.4. The molecule has 2 fully saturated rings. The Kier molecular flexibility index (Phi) is 6.16. The van der Waals surface area contributed by atoms with Crippen LogP contribution < -0.4 is 5.32 Å². The molecule has 1 N–H and O–H groups in total. The number of benzene rings is 1. The summed E-state index contributed by atoms with van der Waals surface area (Å²) in [5.74, 6) is 0. The third-order valence-electron chi connectivity index (χ3n) is 4.98. The van der Waals surface area contributed by atoms with E-state index in [9.17, 15) is 13.2 Å². The summed E-state index contributed by atoms with van der Waals surface area (Å²) in [6, 6.07) is 9.71. The second-order valence-corrected chi connectivity index (χ2v) is 8.85. The molecule has 2 amide bonds. The van der Waals surface area contributed by atoms with Crippen LogP contribution in [0.5, 0.6) is 0 Å². The molecule has 0 radical (unpaired) electrons. The molecule has 2 saturated heterocycles. The minimum atomic E-state index is -3.31. The average molecular weight is 381 g/mol. The van der Waals surface area contributed by atoms with Crippen molar-refractivity contribution in [3.63, 3.8) is 0 Å². The smallest absolute Gasteiger partial charge is 0.317 e. The Bertz CT molecular complexity index is 698. The lowest BCUT2D eigenvalue weighted by molar-refractivity contribution is 0.0231. The summed E-state index contributed by atoms with van der Waals surface area (Å²) in [4.78, 5) is 13.9. The number of hydrogen-bond donors (Lipinski definition) is 1. The molecule has 2 aliphatic rings. The molecule has 2 heterocycles. The molecule has 0 atom stereocenters. The van der Waals surface area contributed by atoms with Crippen LogP contribution in [0.4, 0.5) is 4.79 Å². The number of ether oxygens (including phenoxy) is 1. The number of urea groups is 1. The van der Waals surface area contributed by atoms with Crippen molar-refractivity contribution < 1.29 is 17.9 Å². The van der Waals surface area contributed by atoms with Crippen LogP contribution >= 0.6 is 0 Å². The minimum absolute atomic E-state index is 0.0213. The molecule has 144 valence electrons. The van der Waals surface area contributed by atoms with Crippen molar-refractivity contribution in [3.05, 3.63) is 35.9 Å². The number of nitrogens with zero attached hydrogens (tertiary/aromatic N) is 2. The van der Waals surface area contributed by atoms with Crippen LogP contribution in [0.2, 0.25) is 0 Å². The number of carbonyl (C=O) groups is 1. The fourth-order valence-electron chi connectivity index (χ4n) is 3.63. The molecule has 8 heteroatoms. The van der Waals surface area contributed by atoms with E-state index >= 15 is 0 Å². The molecule has 0 bridgehead atoms. The van der Waals surface area contributed by atoms with Crippen molar-refractivity contribution in [1.29, 1.82) is 0 Å². The lowest BCUT2D eigenvalue weighted by Gasteiger charge is -2.47. The van der Waals surface area contributed by atoms with Crippen molar-refractivity contribution in [1.82, 2.24) is 14.5 Å². The molecule has 0 unspecified atom stereocenters. The summed E-state index contributed by atoms with van der Waals surface area (Å²) in [6.07, 6.45) is 3.46. The number of likely N-dealkylation sites (tertiary alicyclic amines) is 1. The third-order valence-corrected chi connectivity index (χ3v) is 6.34. The summed E-state index contributed by atoms with van der Waals surface area (Å²) in [5, 5.41) is 2.91. The van der Waals surface area contributed by atoms with Gasteiger partial charge in [-0.1, -0.05) is 30.3 Å². The van der Waals surface area contributed by atoms with Crippen LogP contribution in [-0.4, -0.2) is 74.8 Å². The molecular weight excluding hydrogens is 354 g/mol. The van der Waals surface area contributed by atoms with Crippen molar-refractivity contribution in [2.45, 2.75) is 31.3 Å². The Hall–Kier alpha value is -1.64. The van der Waals surface area contributed by atoms with E-state index in [0.717, 1.165) is 6.42 Å². The molecule has 0 aromatic heterocycles. The first kappa shape index (κ1) is 19.1. The highest BCUT2D eigenvalue weighted by Gasteiger charge is 2.42. The summed E-state index contributed by atoms with van der Waals surface area (Å²) in [7, 11) is -3.31. The highest BCUT2D eigenvalue weighted by atomic mass is 32.2. The van der Waals surface area contributed by atoms with Crippen molar-refractivity contribution in [2.75, 3.05) is 39.1 Å². The number of nitrogens with one attached hydrogen (secondary N) is 1. The van der Waals surface area contributed by atoms with E-state index in [0.29, 0.717) is 45.7 Å². The standard InChI is InChI=1S/C18H27N3O4S/c1-26(23,24)21(16-8-11-25-12-9-16)17-13-20(14-17)18(22)19-10-7-15-5-3-2-4-6-15/h2-6,16-17H,7-14H2,1H3,(H,19,22). The van der Waals surface area contributed by atoms with Crippen LogP contribution in [0.3, 0.4) is 0 Å². The van der Waals surface area contributed by atoms with Gasteiger partial charge in [0.2, 0.25) is 10.0 Å². The highest BCUT2D eigenvalue weighted by molar-refractivity contribution is 7.88. The van der Waals surface area contributed by atoms with Gasteiger partial charge in [-0.25, -0.2) is 13.2 Å². The van der Waals surface area contributed by atoms with Gasteiger partial charge in [0.1, 0.15) is 0 Å². The minimum Gasteiger partial charge on any atom is -0.381 e. The summed E-state index contributed by atoms with van der Waals surface area (Å²) >= 11 is 0. The molecule has 0 spiro atoms. The molecule has 0 saturated carbocycles. The predicted molar refractivity (Wildman–Crippen MR) is 99.4 cm³/mol. The lowest BCUT2D eigenvalue weighted by Crippen LogP contribution is -2.66. The van der Waals surface area contributed by atoms with Crippen LogP contribution in [0.15, 0.2) is 30.3 Å². The summed E-state index contributed by atoms with van der Waals surface area (Å²) in [5.41, 5.74) is 1.18. The second kappa shape index (κ2) is 8.37. The van der Waals surface area contributed by atoms with E-state index in [-0.39, 0.29) is 18.1 Å². The Balaban J connectivity index is 1.47. The average Bonchev–Trinajstić information content (AvgIpc) is 2.58. The van der Waals surface area contributed by atoms with Gasteiger partial charge in [-0.05, 0) is 24.8 Å². The zero-order valence-corrected chi connectivity index (χ0v) is 16.0. The van der Waals surface area contributed by atoms with E-state index in [1.54, 1.807) is 9.21 Å². The van der Waals surface area contributed by atoms with Gasteiger partial charge in [-0.3, -0.25) is 0 Å². The first-order valence-electron chi connectivity index (χ1n) is 9.08. The first-order chi connectivity index (χ1) is 12.4. The van der Waals surface area contributed by atoms with E-state index in [1.165, 1.54) is 11.8 Å². The van der Waals surface area contributed by atoms with Gasteiger partial charge in [-0.15, -0.1) is 0 Å². The van der Waals surface area contributed by atoms with Crippen LogP contribution in [-0.2, 0) is 21.2 Å². The molecule has 3 rings (SSSR count). The van der Waals surface area contributed by atoms with E-state index in [1.807, 2.05) is 30.3 Å². The van der Waals surface area contributed by atoms with Gasteiger partial charge in [0.05, 0.1) is 12.3 Å². The number of hydrogen-bond acceptors (Lipinski definition) is 4. The molecule has 1 aromatic rings. The van der Waals surface area contributed by atoms with Crippen LogP contribution in [0, 0.1) is 0 Å². The van der Waals surface area contributed by atoms with E-state index < -0.39 is 10.0 Å². The molecule has 26 heavy (non-hydrogen) atoms. The maximum absolute atomic E-state index is 12.2. The molecule has 7 nitrogen and oxygen atoms in total. The Morgan fingerprint density at radius 2 is 1.85 bits per heavy atom. The van der Waals surface area contributed by atoms with Gasteiger partial charge >= 0.3 is 6.03 Å². The Morgan fingerprint density at radius 3 is 2.46 bits per heavy atom. The van der Waals surface area contributed by atoms with Crippen molar-refractivity contribution >= 4 is 16.1 Å². The van der Waals surface area contributed by atoms with Crippen LogP contribution in [0.25, 0.3) is 0 Å². The molecule has 0 aliphatic carbocycles. The van der Waals surface area contributed by atoms with E-state index in [4.69, 9.17) is 4.74 Å². The van der Waals surface area contributed by atoms with Crippen molar-refractivity contribution in [3.8, 4) is 0 Å². The van der Waals surface area contributed by atoms with Crippen molar-refractivity contribution in [2.24, 2.45) is 0 Å². The van der Waals surface area contributed by atoms with Gasteiger partial charge < -0.3 is 15.0 Å². The SMILES string of the molecule is CS(=O)(=O)N(C1CCOCC1)C1CN(C(=O)NCCc2ccccc2)C1. The fraction of sp³-hybridized carbons (Fsp3) is 0.611. The quantitative estimate of drug-likeness (QED) is 0.799.